The molecule has 3 aliphatic carbocycles. The molecule has 0 radical (unpaired) electrons. The van der Waals surface area contributed by atoms with E-state index in [1.54, 1.807) is 0 Å². The van der Waals surface area contributed by atoms with Crippen LogP contribution in [0.2, 0.25) is 0 Å². The first-order valence-electron chi connectivity index (χ1n) is 15.7. The van der Waals surface area contributed by atoms with Crippen molar-refractivity contribution in [3.05, 3.63) is 60.6 Å². The van der Waals surface area contributed by atoms with Gasteiger partial charge in [0, 0.05) is 50.2 Å². The molecular weight excluding hydrogens is 526 g/mol. The van der Waals surface area contributed by atoms with E-state index >= 15 is 0 Å². The van der Waals surface area contributed by atoms with E-state index in [2.05, 4.69) is 51.3 Å². The summed E-state index contributed by atoms with van der Waals surface area (Å²) in [6, 6.07) is 13.2. The molecule has 0 bridgehead atoms. The molecule has 8 heteroatoms. The topological polar surface area (TPSA) is 91.6 Å². The number of aromatic nitrogens is 3. The van der Waals surface area contributed by atoms with Crippen molar-refractivity contribution >= 4 is 23.4 Å². The summed E-state index contributed by atoms with van der Waals surface area (Å²) in [6.07, 6.45) is 15.2. The minimum atomic E-state index is -0.736. The maximum atomic E-state index is 14.1. The Morgan fingerprint density at radius 2 is 1.62 bits per heavy atom. The maximum absolute atomic E-state index is 14.1. The van der Waals surface area contributed by atoms with Crippen LogP contribution in [0.15, 0.2) is 55.0 Å². The normalized spacial score (nSPS) is 24.2. The number of amides is 1. The predicted octanol–water partition coefficient (Wildman–Crippen LogP) is 6.54. The molecule has 3 aromatic rings. The summed E-state index contributed by atoms with van der Waals surface area (Å²) in [5.74, 6) is 0.865. The number of aliphatic carboxylic acids is 1. The summed E-state index contributed by atoms with van der Waals surface area (Å²) in [6.45, 7) is 0.701. The second kappa shape index (κ2) is 12.3. The Kier molecular flexibility index (Phi) is 8.31. The Morgan fingerprint density at radius 3 is 2.26 bits per heavy atom. The molecule has 0 aliphatic heterocycles. The summed E-state index contributed by atoms with van der Waals surface area (Å²) >= 11 is 0. The van der Waals surface area contributed by atoms with Gasteiger partial charge in [-0.05, 0) is 105 Å². The molecule has 3 aliphatic rings. The number of carbonyl (C=O) groups is 2. The lowest BCUT2D eigenvalue weighted by atomic mass is 9.78. The second-order valence-corrected chi connectivity index (χ2v) is 12.9. The van der Waals surface area contributed by atoms with Crippen molar-refractivity contribution in [1.29, 1.82) is 0 Å². The average molecular weight is 570 g/mol. The minimum absolute atomic E-state index is 0.125. The molecule has 0 saturated heterocycles. The van der Waals surface area contributed by atoms with Crippen molar-refractivity contribution in [3.8, 4) is 11.1 Å². The zero-order valence-corrected chi connectivity index (χ0v) is 24.9. The summed E-state index contributed by atoms with van der Waals surface area (Å²) in [7, 11) is 4.02. The largest absolute Gasteiger partial charge is 0.481 e. The number of hydrogen-bond donors (Lipinski definition) is 1. The molecule has 8 nitrogen and oxygen atoms in total. The van der Waals surface area contributed by atoms with Crippen LogP contribution in [0.1, 0.15) is 81.7 Å². The van der Waals surface area contributed by atoms with Gasteiger partial charge in [-0.1, -0.05) is 18.2 Å². The zero-order chi connectivity index (χ0) is 29.2. The van der Waals surface area contributed by atoms with Crippen LogP contribution in [0, 0.1) is 17.8 Å². The van der Waals surface area contributed by atoms with Gasteiger partial charge in [0.1, 0.15) is 5.82 Å². The van der Waals surface area contributed by atoms with E-state index in [-0.39, 0.29) is 17.7 Å². The number of anilines is 2. The fourth-order valence-electron chi connectivity index (χ4n) is 6.85. The number of carboxylic acids is 1. The van der Waals surface area contributed by atoms with E-state index in [4.69, 9.17) is 0 Å². The maximum Gasteiger partial charge on any atom is 0.306 e. The van der Waals surface area contributed by atoms with Crippen molar-refractivity contribution in [2.24, 2.45) is 17.8 Å². The van der Waals surface area contributed by atoms with Crippen molar-refractivity contribution in [1.82, 2.24) is 14.8 Å². The number of rotatable bonds is 9. The van der Waals surface area contributed by atoms with Gasteiger partial charge in [0.2, 0.25) is 5.91 Å². The molecule has 0 unspecified atom stereocenters. The molecule has 0 atom stereocenters. The van der Waals surface area contributed by atoms with Crippen LogP contribution >= 0.6 is 0 Å². The van der Waals surface area contributed by atoms with Crippen LogP contribution in [0.5, 0.6) is 0 Å². The third kappa shape index (κ3) is 6.37. The average Bonchev–Trinajstić information content (AvgIpc) is 3.76. The number of benzene rings is 1. The summed E-state index contributed by atoms with van der Waals surface area (Å²) in [5.41, 5.74) is 4.39. The number of carbonyl (C=O) groups excluding carboxylic acids is 1. The molecule has 1 N–H and O–H groups in total. The van der Waals surface area contributed by atoms with Crippen LogP contribution in [0.4, 0.5) is 11.5 Å². The van der Waals surface area contributed by atoms with Gasteiger partial charge in [-0.3, -0.25) is 14.3 Å². The molecule has 1 aromatic carbocycles. The highest BCUT2D eigenvalue weighted by molar-refractivity contribution is 5.96. The molecule has 42 heavy (non-hydrogen) atoms. The van der Waals surface area contributed by atoms with Crippen molar-refractivity contribution < 1.29 is 14.7 Å². The van der Waals surface area contributed by atoms with Crippen LogP contribution < -0.4 is 9.80 Å². The van der Waals surface area contributed by atoms with Gasteiger partial charge < -0.3 is 14.9 Å². The number of pyridine rings is 1. The Hall–Kier alpha value is -3.68. The predicted molar refractivity (Wildman–Crippen MR) is 165 cm³/mol. The van der Waals surface area contributed by atoms with E-state index in [0.717, 1.165) is 48.3 Å². The van der Waals surface area contributed by atoms with E-state index in [1.807, 2.05) is 42.4 Å². The lowest BCUT2D eigenvalue weighted by Gasteiger charge is -2.36. The Balaban J connectivity index is 1.18. The fourth-order valence-corrected chi connectivity index (χ4v) is 6.85. The summed E-state index contributed by atoms with van der Waals surface area (Å²) in [4.78, 5) is 34.3. The molecule has 0 spiro atoms. The van der Waals surface area contributed by atoms with Gasteiger partial charge in [0.25, 0.3) is 0 Å². The Morgan fingerprint density at radius 1 is 0.881 bits per heavy atom. The van der Waals surface area contributed by atoms with Gasteiger partial charge in [-0.15, -0.1) is 0 Å². The van der Waals surface area contributed by atoms with E-state index in [9.17, 15) is 14.7 Å². The number of hydrogen-bond acceptors (Lipinski definition) is 5. The standard InChI is InChI=1S/C34H43N5O3/c1-37(2)32-17-14-28(19-35-32)24-8-6-23(7-9-24)21-38(33(40)25-10-12-26(13-11-25)34(41)42)31-5-3-4-27(18-31)29-20-36-39(22-29)30-15-16-30/h3-5,14,17-20,22-26,30H,6-13,15-16,21H2,1-2H3,(H,41,42)/t23-,24-,25-,26-. The van der Waals surface area contributed by atoms with Crippen LogP contribution in [-0.2, 0) is 9.59 Å². The monoisotopic (exact) mass is 569 g/mol. The quantitative estimate of drug-likeness (QED) is 0.314. The van der Waals surface area contributed by atoms with Gasteiger partial charge in [0.15, 0.2) is 0 Å². The minimum Gasteiger partial charge on any atom is -0.481 e. The van der Waals surface area contributed by atoms with E-state index in [1.165, 1.54) is 18.4 Å². The lowest BCUT2D eigenvalue weighted by Crippen LogP contribution is -2.41. The van der Waals surface area contributed by atoms with Gasteiger partial charge in [-0.2, -0.15) is 5.10 Å². The van der Waals surface area contributed by atoms with Crippen molar-refractivity contribution in [3.63, 3.8) is 0 Å². The second-order valence-electron chi connectivity index (χ2n) is 12.9. The number of carboxylic acid groups (broad SMARTS) is 1. The smallest absolute Gasteiger partial charge is 0.306 e. The summed E-state index contributed by atoms with van der Waals surface area (Å²) in [5, 5.41) is 14.1. The lowest BCUT2D eigenvalue weighted by molar-refractivity contribution is -0.144. The SMILES string of the molecule is CN(C)c1ccc([C@H]2CC[C@H](CN(c3cccc(-c4cnn(C5CC5)c4)c3)C(=O)[C@H]3CC[C@H](C(=O)O)CC3)CC2)cn1. The van der Waals surface area contributed by atoms with Gasteiger partial charge in [0.05, 0.1) is 18.2 Å². The van der Waals surface area contributed by atoms with Gasteiger partial charge in [-0.25, -0.2) is 4.98 Å². The molecule has 2 heterocycles. The Bertz CT molecular complexity index is 1380. The molecule has 3 fully saturated rings. The first kappa shape index (κ1) is 28.4. The highest BCUT2D eigenvalue weighted by Gasteiger charge is 2.34. The van der Waals surface area contributed by atoms with Crippen LogP contribution in [-0.4, -0.2) is 52.4 Å². The van der Waals surface area contributed by atoms with E-state index < -0.39 is 5.97 Å². The first-order chi connectivity index (χ1) is 20.4. The van der Waals surface area contributed by atoms with Crippen LogP contribution in [0.3, 0.4) is 0 Å². The van der Waals surface area contributed by atoms with Crippen molar-refractivity contribution in [2.75, 3.05) is 30.4 Å². The molecule has 6 rings (SSSR count). The molecule has 1 amide bonds. The van der Waals surface area contributed by atoms with E-state index in [0.29, 0.717) is 50.1 Å². The molecule has 2 aromatic heterocycles. The molecule has 3 saturated carbocycles. The molecular formula is C34H43N5O3. The molecule has 222 valence electrons. The van der Waals surface area contributed by atoms with Crippen LogP contribution in [0.25, 0.3) is 11.1 Å². The fraction of sp³-hybridized carbons (Fsp3) is 0.529. The highest BCUT2D eigenvalue weighted by Crippen LogP contribution is 2.39. The number of nitrogens with zero attached hydrogens (tertiary/aromatic N) is 5. The van der Waals surface area contributed by atoms with Gasteiger partial charge >= 0.3 is 5.97 Å². The zero-order valence-electron chi connectivity index (χ0n) is 24.9. The first-order valence-corrected chi connectivity index (χ1v) is 15.7. The van der Waals surface area contributed by atoms with Crippen molar-refractivity contribution in [2.45, 2.75) is 76.2 Å². The summed E-state index contributed by atoms with van der Waals surface area (Å²) < 4.78 is 2.06. The third-order valence-corrected chi connectivity index (χ3v) is 9.69. The Labute approximate surface area is 248 Å². The highest BCUT2D eigenvalue weighted by atomic mass is 16.4. The third-order valence-electron chi connectivity index (χ3n) is 9.69.